The number of hydrogen-bond acceptors (Lipinski definition) is 7. The van der Waals surface area contributed by atoms with Crippen molar-refractivity contribution in [3.05, 3.63) is 100 Å². The van der Waals surface area contributed by atoms with Crippen molar-refractivity contribution >= 4 is 44.5 Å². The van der Waals surface area contributed by atoms with Crippen molar-refractivity contribution in [1.82, 2.24) is 4.98 Å². The third kappa shape index (κ3) is 6.34. The van der Waals surface area contributed by atoms with E-state index in [1.807, 2.05) is 69.3 Å². The molecule has 4 aromatic rings. The number of carbonyl (C=O) groups is 2. The normalized spacial score (nSPS) is 15.2. The molecule has 1 unspecified atom stereocenters. The summed E-state index contributed by atoms with van der Waals surface area (Å²) in [5.74, 6) is -0.620. The Morgan fingerprint density at radius 2 is 1.81 bits per heavy atom. The lowest BCUT2D eigenvalue weighted by Crippen LogP contribution is -2.30. The van der Waals surface area contributed by atoms with Crippen molar-refractivity contribution in [2.24, 2.45) is 0 Å². The number of aryl methyl sites for hydroxylation is 2. The molecule has 1 amide bonds. The molecular formula is C35H36N2O5S. The Balaban J connectivity index is 1.60. The number of anilines is 1. The second-order valence-corrected chi connectivity index (χ2v) is 11.6. The summed E-state index contributed by atoms with van der Waals surface area (Å²) >= 11 is 1.36. The molecule has 8 heteroatoms. The third-order valence-corrected chi connectivity index (χ3v) is 8.32. The second kappa shape index (κ2) is 13.3. The number of ketones is 1. The van der Waals surface area contributed by atoms with Crippen LogP contribution in [-0.2, 0) is 9.59 Å². The molecule has 0 aliphatic carbocycles. The van der Waals surface area contributed by atoms with Crippen LogP contribution in [0.4, 0.5) is 5.13 Å². The van der Waals surface area contributed by atoms with Crippen molar-refractivity contribution in [3.8, 4) is 11.5 Å². The summed E-state index contributed by atoms with van der Waals surface area (Å²) in [4.78, 5) is 33.7. The van der Waals surface area contributed by atoms with E-state index < -0.39 is 23.5 Å². The molecule has 0 bridgehead atoms. The van der Waals surface area contributed by atoms with Gasteiger partial charge in [-0.15, -0.1) is 0 Å². The monoisotopic (exact) mass is 596 g/mol. The van der Waals surface area contributed by atoms with Gasteiger partial charge in [-0.1, -0.05) is 79.6 Å². The number of aliphatic hydroxyl groups is 1. The Bertz CT molecular complexity index is 1710. The Labute approximate surface area is 256 Å². The molecule has 0 spiro atoms. The molecule has 1 atom stereocenters. The molecule has 43 heavy (non-hydrogen) atoms. The summed E-state index contributed by atoms with van der Waals surface area (Å²) in [6.45, 7) is 8.99. The van der Waals surface area contributed by atoms with Gasteiger partial charge in [-0.05, 0) is 73.7 Å². The van der Waals surface area contributed by atoms with Crippen LogP contribution in [0.15, 0.2) is 78.1 Å². The van der Waals surface area contributed by atoms with Crippen LogP contribution in [0.5, 0.6) is 11.5 Å². The summed E-state index contributed by atoms with van der Waals surface area (Å²) in [5.41, 5.74) is 4.28. The maximum absolute atomic E-state index is 13.7. The smallest absolute Gasteiger partial charge is 0.296 e. The van der Waals surface area contributed by atoms with E-state index in [1.54, 1.807) is 18.2 Å². The minimum Gasteiger partial charge on any atom is -0.503 e. The molecule has 0 saturated heterocycles. The number of aromatic nitrogens is 1. The topological polar surface area (TPSA) is 89.0 Å². The number of aliphatic hydroxyl groups excluding tert-OH is 1. The highest BCUT2D eigenvalue weighted by Gasteiger charge is 2.45. The number of nitrogens with zero attached hydrogens (tertiary/aromatic N) is 2. The molecule has 1 aliphatic rings. The van der Waals surface area contributed by atoms with Crippen molar-refractivity contribution in [2.45, 2.75) is 53.0 Å². The summed E-state index contributed by atoms with van der Waals surface area (Å²) in [7, 11) is 0. The first kappa shape index (κ1) is 30.0. The zero-order chi connectivity index (χ0) is 30.5. The van der Waals surface area contributed by atoms with E-state index in [1.165, 1.54) is 22.3 Å². The molecule has 1 aliphatic heterocycles. The number of fused-ring (bicyclic) bond motifs is 1. The van der Waals surface area contributed by atoms with E-state index >= 15 is 0 Å². The van der Waals surface area contributed by atoms with E-state index in [-0.39, 0.29) is 5.57 Å². The van der Waals surface area contributed by atoms with Crippen LogP contribution in [0.25, 0.3) is 16.3 Å². The number of unbranched alkanes of at least 4 members (excludes halogenated alkanes) is 2. The van der Waals surface area contributed by atoms with Gasteiger partial charge in [0.05, 0.1) is 35.0 Å². The van der Waals surface area contributed by atoms with E-state index in [0.717, 1.165) is 46.2 Å². The number of carbonyl (C=O) groups excluding carboxylic acids is 2. The number of rotatable bonds is 12. The summed E-state index contributed by atoms with van der Waals surface area (Å²) < 4.78 is 12.9. The maximum atomic E-state index is 13.7. The maximum Gasteiger partial charge on any atom is 0.296 e. The highest BCUT2D eigenvalue weighted by molar-refractivity contribution is 7.22. The molecule has 0 saturated carbocycles. The molecular weight excluding hydrogens is 560 g/mol. The van der Waals surface area contributed by atoms with Crippen molar-refractivity contribution < 1.29 is 24.2 Å². The van der Waals surface area contributed by atoms with E-state index in [0.29, 0.717) is 35.4 Å². The fourth-order valence-corrected chi connectivity index (χ4v) is 6.44. The number of allylic oxidation sites excluding steroid dienone is 1. The van der Waals surface area contributed by atoms with Crippen LogP contribution in [-0.4, -0.2) is 35.0 Å². The number of benzene rings is 3. The van der Waals surface area contributed by atoms with Crippen LogP contribution in [0, 0.1) is 13.8 Å². The summed E-state index contributed by atoms with van der Waals surface area (Å²) in [6.07, 6.45) is 6.14. The van der Waals surface area contributed by atoms with Crippen molar-refractivity contribution in [3.63, 3.8) is 0 Å². The third-order valence-electron chi connectivity index (χ3n) is 7.31. The highest BCUT2D eigenvalue weighted by Crippen LogP contribution is 2.45. The second-order valence-electron chi connectivity index (χ2n) is 10.6. The van der Waals surface area contributed by atoms with Gasteiger partial charge in [0.2, 0.25) is 0 Å². The standard InChI is InChI=1S/C35H36N2O5S/c1-5-7-11-18-42-27-17-15-25(21-28(27)41-6-2)32-30(26(38)16-14-24-12-9-8-10-13-24)33(39)34(40)37(32)35-36-31-23(4)19-22(3)20-29(31)43-35/h8-10,12-17,19-21,32,39H,5-7,11,18H2,1-4H3. The zero-order valence-electron chi connectivity index (χ0n) is 24.9. The number of hydrogen-bond donors (Lipinski definition) is 1. The Morgan fingerprint density at radius 3 is 2.56 bits per heavy atom. The quantitative estimate of drug-likeness (QED) is 0.131. The summed E-state index contributed by atoms with van der Waals surface area (Å²) in [5, 5.41) is 11.6. The zero-order valence-corrected chi connectivity index (χ0v) is 25.7. The lowest BCUT2D eigenvalue weighted by Gasteiger charge is -2.25. The first-order valence-electron chi connectivity index (χ1n) is 14.6. The Hall–Kier alpha value is -4.43. The van der Waals surface area contributed by atoms with Gasteiger partial charge in [0, 0.05) is 0 Å². The molecule has 3 aromatic carbocycles. The fraction of sp³-hybridized carbons (Fsp3) is 0.286. The van der Waals surface area contributed by atoms with Gasteiger partial charge in [0.25, 0.3) is 5.91 Å². The minimum absolute atomic E-state index is 0.0107. The van der Waals surface area contributed by atoms with Gasteiger partial charge < -0.3 is 14.6 Å². The van der Waals surface area contributed by atoms with Crippen LogP contribution in [0.3, 0.4) is 0 Å². The molecule has 5 rings (SSSR count). The molecule has 0 fully saturated rings. The van der Waals surface area contributed by atoms with E-state index in [4.69, 9.17) is 14.5 Å². The predicted molar refractivity (Wildman–Crippen MR) is 172 cm³/mol. The lowest BCUT2D eigenvalue weighted by atomic mass is 9.95. The van der Waals surface area contributed by atoms with E-state index in [2.05, 4.69) is 6.92 Å². The molecule has 2 heterocycles. The Morgan fingerprint density at radius 1 is 1.02 bits per heavy atom. The SMILES string of the molecule is CCCCCOc1ccc(C2C(C(=O)C=Cc3ccccc3)=C(O)C(=O)N2c2nc3c(C)cc(C)cc3s2)cc1OCC. The number of ether oxygens (including phenoxy) is 2. The van der Waals surface area contributed by atoms with Crippen LogP contribution < -0.4 is 14.4 Å². The van der Waals surface area contributed by atoms with E-state index in [9.17, 15) is 14.7 Å². The highest BCUT2D eigenvalue weighted by atomic mass is 32.1. The Kier molecular flexibility index (Phi) is 9.26. The number of amides is 1. The van der Waals surface area contributed by atoms with Gasteiger partial charge in [0.1, 0.15) is 0 Å². The predicted octanol–water partition coefficient (Wildman–Crippen LogP) is 8.06. The van der Waals surface area contributed by atoms with Crippen molar-refractivity contribution in [2.75, 3.05) is 18.1 Å². The average Bonchev–Trinajstić information content (AvgIpc) is 3.53. The molecule has 0 radical (unpaired) electrons. The average molecular weight is 597 g/mol. The number of thiazole rings is 1. The van der Waals surface area contributed by atoms with Gasteiger partial charge >= 0.3 is 0 Å². The fourth-order valence-electron chi connectivity index (χ4n) is 5.27. The molecule has 1 N–H and O–H groups in total. The van der Waals surface area contributed by atoms with Crippen molar-refractivity contribution in [1.29, 1.82) is 0 Å². The van der Waals surface area contributed by atoms with Gasteiger partial charge in [-0.3, -0.25) is 14.5 Å². The molecule has 1 aromatic heterocycles. The van der Waals surface area contributed by atoms with Gasteiger partial charge in [0.15, 0.2) is 28.2 Å². The summed E-state index contributed by atoms with van der Waals surface area (Å²) in [6, 6.07) is 18.0. The van der Waals surface area contributed by atoms with Crippen LogP contribution in [0.1, 0.15) is 61.4 Å². The van der Waals surface area contributed by atoms with Crippen LogP contribution in [0.2, 0.25) is 0 Å². The van der Waals surface area contributed by atoms with Gasteiger partial charge in [-0.2, -0.15) is 0 Å². The molecule has 222 valence electrons. The molecule has 7 nitrogen and oxygen atoms in total. The first-order chi connectivity index (χ1) is 20.8. The first-order valence-corrected chi connectivity index (χ1v) is 15.5. The van der Waals surface area contributed by atoms with Gasteiger partial charge in [-0.25, -0.2) is 4.98 Å². The minimum atomic E-state index is -0.921. The largest absolute Gasteiger partial charge is 0.503 e. The lowest BCUT2D eigenvalue weighted by molar-refractivity contribution is -0.117. The van der Waals surface area contributed by atoms with Crippen LogP contribution >= 0.6 is 11.3 Å².